The van der Waals surface area contributed by atoms with Crippen LogP contribution in [0, 0.1) is 0 Å². The molecule has 0 N–H and O–H groups in total. The maximum atomic E-state index is 12.4. The van der Waals surface area contributed by atoms with Crippen molar-refractivity contribution in [2.75, 3.05) is 20.2 Å². The van der Waals surface area contributed by atoms with E-state index in [9.17, 15) is 9.59 Å². The van der Waals surface area contributed by atoms with Gasteiger partial charge in [0.1, 0.15) is 11.4 Å². The van der Waals surface area contributed by atoms with E-state index in [1.807, 2.05) is 39.0 Å². The predicted octanol–water partition coefficient (Wildman–Crippen LogP) is 5.30. The predicted molar refractivity (Wildman–Crippen MR) is 115 cm³/mol. The van der Waals surface area contributed by atoms with E-state index >= 15 is 0 Å². The quantitative estimate of drug-likeness (QED) is 0.622. The zero-order valence-electron chi connectivity index (χ0n) is 18.7. The molecule has 2 fully saturated rings. The third-order valence-electron chi connectivity index (χ3n) is 5.87. The SMILES string of the molecule is COC(=O)c1ccc(C2CCN(C(=O)OC(C)(C)C)CC2)c(OC2CCCCC2)c1. The molecule has 1 aromatic rings. The summed E-state index contributed by atoms with van der Waals surface area (Å²) in [5, 5.41) is 0. The van der Waals surface area contributed by atoms with Gasteiger partial charge in [0, 0.05) is 13.1 Å². The average Bonchev–Trinajstić information content (AvgIpc) is 2.73. The molecule has 1 saturated carbocycles. The number of piperidine rings is 1. The Labute approximate surface area is 179 Å². The van der Waals surface area contributed by atoms with Crippen LogP contribution in [0.5, 0.6) is 5.75 Å². The highest BCUT2D eigenvalue weighted by atomic mass is 16.6. The highest BCUT2D eigenvalue weighted by Crippen LogP contribution is 2.37. The Morgan fingerprint density at radius 3 is 2.27 bits per heavy atom. The first-order valence-electron chi connectivity index (χ1n) is 11.1. The number of methoxy groups -OCH3 is 1. The summed E-state index contributed by atoms with van der Waals surface area (Å²) < 4.78 is 16.8. The molecule has 0 aromatic heterocycles. The molecule has 2 aliphatic rings. The van der Waals surface area contributed by atoms with E-state index in [0.717, 1.165) is 37.0 Å². The van der Waals surface area contributed by atoms with E-state index in [2.05, 4.69) is 0 Å². The Morgan fingerprint density at radius 2 is 1.67 bits per heavy atom. The lowest BCUT2D eigenvalue weighted by molar-refractivity contribution is 0.0204. The molecule has 1 heterocycles. The van der Waals surface area contributed by atoms with Gasteiger partial charge < -0.3 is 19.1 Å². The number of esters is 1. The average molecular weight is 418 g/mol. The van der Waals surface area contributed by atoms with Crippen molar-refractivity contribution < 1.29 is 23.8 Å². The Balaban J connectivity index is 1.72. The van der Waals surface area contributed by atoms with Crippen LogP contribution in [0.4, 0.5) is 4.79 Å². The number of hydrogen-bond acceptors (Lipinski definition) is 5. The van der Waals surface area contributed by atoms with Gasteiger partial charge in [-0.15, -0.1) is 0 Å². The standard InChI is InChI=1S/C24H35NO5/c1-24(2,3)30-23(27)25-14-12-17(13-15-25)20-11-10-18(22(26)28-4)16-21(20)29-19-8-6-5-7-9-19/h10-11,16-17,19H,5-9,12-15H2,1-4H3. The van der Waals surface area contributed by atoms with Crippen LogP contribution in [0.1, 0.15) is 87.6 Å². The van der Waals surface area contributed by atoms with E-state index in [-0.39, 0.29) is 24.1 Å². The molecule has 1 saturated heterocycles. The van der Waals surface area contributed by atoms with Crippen molar-refractivity contribution in [3.05, 3.63) is 29.3 Å². The third kappa shape index (κ3) is 5.89. The molecule has 1 aromatic carbocycles. The van der Waals surface area contributed by atoms with Crippen LogP contribution in [0.3, 0.4) is 0 Å². The monoisotopic (exact) mass is 417 g/mol. The zero-order valence-corrected chi connectivity index (χ0v) is 18.7. The topological polar surface area (TPSA) is 65.1 Å². The van der Waals surface area contributed by atoms with Gasteiger partial charge >= 0.3 is 12.1 Å². The van der Waals surface area contributed by atoms with Gasteiger partial charge in [-0.25, -0.2) is 9.59 Å². The molecule has 1 aliphatic carbocycles. The van der Waals surface area contributed by atoms with Crippen LogP contribution in [0.15, 0.2) is 18.2 Å². The summed E-state index contributed by atoms with van der Waals surface area (Å²) in [4.78, 5) is 26.2. The summed E-state index contributed by atoms with van der Waals surface area (Å²) in [5.41, 5.74) is 1.15. The first kappa shape index (κ1) is 22.4. The minimum absolute atomic E-state index is 0.201. The Bertz CT molecular complexity index is 740. The fourth-order valence-corrected chi connectivity index (χ4v) is 4.28. The lowest BCUT2D eigenvalue weighted by Crippen LogP contribution is -2.41. The molecule has 6 heteroatoms. The van der Waals surface area contributed by atoms with E-state index in [4.69, 9.17) is 14.2 Å². The molecular weight excluding hydrogens is 382 g/mol. The number of rotatable bonds is 4. The fraction of sp³-hybridized carbons (Fsp3) is 0.667. The van der Waals surface area contributed by atoms with Gasteiger partial charge in [0.25, 0.3) is 0 Å². The van der Waals surface area contributed by atoms with Crippen LogP contribution in [-0.4, -0.2) is 48.9 Å². The minimum atomic E-state index is -0.487. The van der Waals surface area contributed by atoms with Gasteiger partial charge in [-0.1, -0.05) is 12.5 Å². The van der Waals surface area contributed by atoms with Crippen LogP contribution in [0.25, 0.3) is 0 Å². The Kier molecular flexibility index (Phi) is 7.27. The zero-order chi connectivity index (χ0) is 21.7. The van der Waals surface area contributed by atoms with Gasteiger partial charge in [-0.05, 0) is 82.9 Å². The number of likely N-dealkylation sites (tertiary alicyclic amines) is 1. The summed E-state index contributed by atoms with van der Waals surface area (Å²) in [6.07, 6.45) is 7.38. The number of hydrogen-bond donors (Lipinski definition) is 0. The molecule has 3 rings (SSSR count). The molecule has 0 unspecified atom stereocenters. The minimum Gasteiger partial charge on any atom is -0.490 e. The normalized spacial score (nSPS) is 18.7. The van der Waals surface area contributed by atoms with Gasteiger partial charge in [-0.3, -0.25) is 0 Å². The van der Waals surface area contributed by atoms with Crippen molar-refractivity contribution in [2.45, 2.75) is 83.3 Å². The number of nitrogens with zero attached hydrogens (tertiary/aromatic N) is 1. The van der Waals surface area contributed by atoms with Crippen LogP contribution >= 0.6 is 0 Å². The Hall–Kier alpha value is -2.24. The summed E-state index contributed by atoms with van der Waals surface area (Å²) in [5.74, 6) is 0.726. The van der Waals surface area contributed by atoms with Gasteiger partial charge in [0.05, 0.1) is 18.8 Å². The number of carbonyl (C=O) groups is 2. The summed E-state index contributed by atoms with van der Waals surface area (Å²) in [7, 11) is 1.39. The second-order valence-electron chi connectivity index (χ2n) is 9.36. The van der Waals surface area contributed by atoms with E-state index in [1.165, 1.54) is 26.4 Å². The molecule has 6 nitrogen and oxygen atoms in total. The number of amides is 1. The molecule has 0 radical (unpaired) electrons. The molecule has 0 atom stereocenters. The van der Waals surface area contributed by atoms with Crippen molar-refractivity contribution in [1.29, 1.82) is 0 Å². The van der Waals surface area contributed by atoms with Gasteiger partial charge in [-0.2, -0.15) is 0 Å². The summed E-state index contributed by atoms with van der Waals surface area (Å²) in [6.45, 7) is 6.96. The van der Waals surface area contributed by atoms with E-state index in [1.54, 1.807) is 4.90 Å². The molecule has 30 heavy (non-hydrogen) atoms. The first-order valence-corrected chi connectivity index (χ1v) is 11.1. The lowest BCUT2D eigenvalue weighted by atomic mass is 9.88. The summed E-state index contributed by atoms with van der Waals surface area (Å²) >= 11 is 0. The molecule has 0 spiro atoms. The van der Waals surface area contributed by atoms with E-state index < -0.39 is 5.60 Å². The molecule has 1 amide bonds. The molecule has 0 bridgehead atoms. The second-order valence-corrected chi connectivity index (χ2v) is 9.36. The highest BCUT2D eigenvalue weighted by molar-refractivity contribution is 5.90. The van der Waals surface area contributed by atoms with Crippen molar-refractivity contribution >= 4 is 12.1 Å². The second kappa shape index (κ2) is 9.71. The van der Waals surface area contributed by atoms with Crippen LogP contribution in [-0.2, 0) is 9.47 Å². The number of ether oxygens (including phenoxy) is 3. The van der Waals surface area contributed by atoms with Crippen LogP contribution in [0.2, 0.25) is 0 Å². The van der Waals surface area contributed by atoms with Crippen LogP contribution < -0.4 is 4.74 Å². The third-order valence-corrected chi connectivity index (χ3v) is 5.87. The van der Waals surface area contributed by atoms with Gasteiger partial charge in [0.15, 0.2) is 0 Å². The number of carbonyl (C=O) groups excluding carboxylic acids is 2. The smallest absolute Gasteiger partial charge is 0.410 e. The molecule has 1 aliphatic heterocycles. The fourth-order valence-electron chi connectivity index (χ4n) is 4.28. The van der Waals surface area contributed by atoms with Crippen molar-refractivity contribution in [1.82, 2.24) is 4.90 Å². The van der Waals surface area contributed by atoms with Gasteiger partial charge in [0.2, 0.25) is 0 Å². The van der Waals surface area contributed by atoms with Crippen molar-refractivity contribution in [3.8, 4) is 5.75 Å². The maximum Gasteiger partial charge on any atom is 0.410 e. The molecule has 166 valence electrons. The summed E-state index contributed by atoms with van der Waals surface area (Å²) in [6, 6.07) is 5.64. The van der Waals surface area contributed by atoms with E-state index in [0.29, 0.717) is 18.7 Å². The maximum absolute atomic E-state index is 12.4. The Morgan fingerprint density at radius 1 is 1.00 bits per heavy atom. The van der Waals surface area contributed by atoms with Crippen molar-refractivity contribution in [2.24, 2.45) is 0 Å². The van der Waals surface area contributed by atoms with Crippen molar-refractivity contribution in [3.63, 3.8) is 0 Å². The first-order chi connectivity index (χ1) is 14.3. The highest BCUT2D eigenvalue weighted by Gasteiger charge is 2.29. The molecular formula is C24H35NO5. The largest absolute Gasteiger partial charge is 0.490 e. The number of benzene rings is 1. The lowest BCUT2D eigenvalue weighted by Gasteiger charge is -2.34.